The molecule has 5 nitrogen and oxygen atoms in total. The van der Waals surface area contributed by atoms with Gasteiger partial charge in [0.2, 0.25) is 5.95 Å². The third-order valence-corrected chi connectivity index (χ3v) is 3.68. The van der Waals surface area contributed by atoms with Crippen LogP contribution in [0.15, 0.2) is 36.4 Å². The molecule has 0 amide bonds. The number of nitrogen functional groups attached to an aromatic ring is 1. The molecule has 7 heteroatoms. The topological polar surface area (TPSA) is 66.0 Å². The van der Waals surface area contributed by atoms with E-state index in [1.54, 1.807) is 17.7 Å². The van der Waals surface area contributed by atoms with Crippen molar-refractivity contribution in [1.82, 2.24) is 14.8 Å². The van der Waals surface area contributed by atoms with Gasteiger partial charge in [0.15, 0.2) is 11.0 Å². The van der Waals surface area contributed by atoms with Crippen molar-refractivity contribution in [3.8, 4) is 22.1 Å². The third kappa shape index (κ3) is 2.01. The smallest absolute Gasteiger partial charge is 0.227 e. The van der Waals surface area contributed by atoms with E-state index in [4.69, 9.17) is 10.5 Å². The summed E-state index contributed by atoms with van der Waals surface area (Å²) in [5.74, 6) is 1.34. The van der Waals surface area contributed by atoms with Gasteiger partial charge in [-0.15, -0.1) is 21.5 Å². The highest BCUT2D eigenvalue weighted by Crippen LogP contribution is 2.32. The first-order valence-electron chi connectivity index (χ1n) is 5.80. The molecule has 0 atom stereocenters. The maximum Gasteiger partial charge on any atom is 0.227 e. The molecule has 0 radical (unpaired) electrons. The number of hydrogen-bond acceptors (Lipinski definition) is 5. The fourth-order valence-electron chi connectivity index (χ4n) is 1.94. The Balaban J connectivity index is 2.21. The largest absolute Gasteiger partial charge is 0.495 e. The lowest BCUT2D eigenvalue weighted by Gasteiger charge is -2.11. The molecule has 0 fully saturated rings. The minimum Gasteiger partial charge on any atom is -0.495 e. The number of benzene rings is 1. The lowest BCUT2D eigenvalue weighted by Crippen LogP contribution is -2.04. The van der Waals surface area contributed by atoms with Crippen LogP contribution in [0.25, 0.3) is 16.4 Å². The van der Waals surface area contributed by atoms with Crippen LogP contribution in [0.3, 0.4) is 0 Å². The molecule has 0 saturated carbocycles. The summed E-state index contributed by atoms with van der Waals surface area (Å²) in [5.41, 5.74) is 6.60. The summed E-state index contributed by atoms with van der Waals surface area (Å²) in [6.07, 6.45) is 0. The zero-order valence-corrected chi connectivity index (χ0v) is 11.4. The van der Waals surface area contributed by atoms with Gasteiger partial charge >= 0.3 is 0 Å². The van der Waals surface area contributed by atoms with E-state index < -0.39 is 0 Å². The maximum atomic E-state index is 13.2. The zero-order valence-electron chi connectivity index (χ0n) is 10.6. The van der Waals surface area contributed by atoms with Crippen LogP contribution in [-0.2, 0) is 0 Å². The van der Waals surface area contributed by atoms with Crippen LogP contribution in [0.1, 0.15) is 0 Å². The summed E-state index contributed by atoms with van der Waals surface area (Å²) in [5, 5.41) is 7.62. The second kappa shape index (κ2) is 4.93. The average Bonchev–Trinajstić information content (AvgIpc) is 3.04. The number of para-hydroxylation sites is 2. The molecule has 0 unspecified atom stereocenters. The van der Waals surface area contributed by atoms with Crippen LogP contribution in [0.2, 0.25) is 0 Å². The number of ether oxygens (including phenoxy) is 1. The summed E-state index contributed by atoms with van der Waals surface area (Å²) in [6, 6.07) is 10.4. The number of nitrogens with zero attached hydrogens (tertiary/aromatic N) is 3. The van der Waals surface area contributed by atoms with Gasteiger partial charge in [0.05, 0.1) is 17.7 Å². The maximum absolute atomic E-state index is 13.2. The van der Waals surface area contributed by atoms with Crippen molar-refractivity contribution in [1.29, 1.82) is 0 Å². The van der Waals surface area contributed by atoms with Crippen molar-refractivity contribution in [3.63, 3.8) is 0 Å². The molecule has 20 heavy (non-hydrogen) atoms. The number of nitrogens with two attached hydrogens (primary N) is 1. The third-order valence-electron chi connectivity index (χ3n) is 2.81. The quantitative estimate of drug-likeness (QED) is 0.805. The molecule has 0 bridgehead atoms. The first-order valence-corrected chi connectivity index (χ1v) is 6.62. The number of halogens is 1. The molecule has 1 aromatic carbocycles. The van der Waals surface area contributed by atoms with Crippen LogP contribution in [0.4, 0.5) is 10.3 Å². The molecule has 3 aromatic rings. The molecular weight excluding hydrogens is 279 g/mol. The fourth-order valence-corrected chi connectivity index (χ4v) is 2.65. The van der Waals surface area contributed by atoms with E-state index in [0.29, 0.717) is 22.1 Å². The summed E-state index contributed by atoms with van der Waals surface area (Å²) in [6.45, 7) is 0. The van der Waals surface area contributed by atoms with E-state index in [0.717, 1.165) is 11.3 Å². The molecule has 0 aliphatic rings. The van der Waals surface area contributed by atoms with Crippen molar-refractivity contribution in [2.75, 3.05) is 12.8 Å². The second-order valence-electron chi connectivity index (χ2n) is 3.99. The number of aromatic nitrogens is 3. The van der Waals surface area contributed by atoms with E-state index in [1.165, 1.54) is 6.07 Å². The van der Waals surface area contributed by atoms with Crippen molar-refractivity contribution in [2.45, 2.75) is 0 Å². The van der Waals surface area contributed by atoms with Crippen molar-refractivity contribution in [3.05, 3.63) is 41.5 Å². The minimum atomic E-state index is -0.284. The Morgan fingerprint density at radius 2 is 2.00 bits per heavy atom. The molecule has 3 rings (SSSR count). The van der Waals surface area contributed by atoms with Gasteiger partial charge in [-0.05, 0) is 24.3 Å². The first-order chi connectivity index (χ1) is 9.70. The van der Waals surface area contributed by atoms with Crippen LogP contribution < -0.4 is 10.5 Å². The normalized spacial score (nSPS) is 10.7. The van der Waals surface area contributed by atoms with Crippen LogP contribution >= 0.6 is 11.3 Å². The summed E-state index contributed by atoms with van der Waals surface area (Å²) in [7, 11) is 1.57. The summed E-state index contributed by atoms with van der Waals surface area (Å²) >= 11 is 0.990. The highest BCUT2D eigenvalue weighted by atomic mass is 32.1. The Hall–Kier alpha value is -2.41. The monoisotopic (exact) mass is 290 g/mol. The fraction of sp³-hybridized carbons (Fsp3) is 0.0769. The van der Waals surface area contributed by atoms with Gasteiger partial charge in [0.1, 0.15) is 5.75 Å². The van der Waals surface area contributed by atoms with Gasteiger partial charge in [-0.1, -0.05) is 12.1 Å². The van der Waals surface area contributed by atoms with E-state index in [2.05, 4.69) is 10.2 Å². The number of thiophene rings is 1. The highest BCUT2D eigenvalue weighted by molar-refractivity contribution is 7.13. The predicted molar refractivity (Wildman–Crippen MR) is 75.6 cm³/mol. The summed E-state index contributed by atoms with van der Waals surface area (Å²) in [4.78, 5) is 0.651. The predicted octanol–water partition coefficient (Wildman–Crippen LogP) is 2.73. The van der Waals surface area contributed by atoms with Gasteiger partial charge in [0.25, 0.3) is 0 Å². The van der Waals surface area contributed by atoms with E-state index in [9.17, 15) is 4.39 Å². The number of hydrogen-bond donors (Lipinski definition) is 1. The second-order valence-corrected chi connectivity index (χ2v) is 5.03. The molecule has 0 aliphatic carbocycles. The molecule has 0 spiro atoms. The molecule has 2 heterocycles. The standard InChI is InChI=1S/C13H11FN4OS/c1-19-9-5-3-2-4-8(9)18-12(16-17-13(18)15)10-6-7-11(14)20-10/h2-7H,1H3,(H2,15,17). The van der Waals surface area contributed by atoms with Crippen molar-refractivity contribution < 1.29 is 9.13 Å². The summed E-state index contributed by atoms with van der Waals surface area (Å²) < 4.78 is 20.2. The van der Waals surface area contributed by atoms with Gasteiger partial charge in [-0.2, -0.15) is 4.39 Å². The van der Waals surface area contributed by atoms with Gasteiger partial charge in [-0.3, -0.25) is 4.57 Å². The Morgan fingerprint density at radius 3 is 2.70 bits per heavy atom. The van der Waals surface area contributed by atoms with Gasteiger partial charge in [0, 0.05) is 0 Å². The van der Waals surface area contributed by atoms with Crippen LogP contribution in [0, 0.1) is 5.13 Å². The molecule has 0 saturated heterocycles. The van der Waals surface area contributed by atoms with E-state index in [1.807, 2.05) is 24.3 Å². The molecule has 0 aliphatic heterocycles. The lowest BCUT2D eigenvalue weighted by atomic mass is 10.3. The number of rotatable bonds is 3. The minimum absolute atomic E-state index is 0.221. The van der Waals surface area contributed by atoms with Crippen molar-refractivity contribution in [2.24, 2.45) is 0 Å². The van der Waals surface area contributed by atoms with E-state index in [-0.39, 0.29) is 11.1 Å². The van der Waals surface area contributed by atoms with Crippen LogP contribution in [-0.4, -0.2) is 21.9 Å². The Kier molecular flexibility index (Phi) is 3.11. The van der Waals surface area contributed by atoms with E-state index >= 15 is 0 Å². The first kappa shape index (κ1) is 12.6. The zero-order chi connectivity index (χ0) is 14.1. The number of methoxy groups -OCH3 is 1. The van der Waals surface area contributed by atoms with Gasteiger partial charge in [-0.25, -0.2) is 0 Å². The number of anilines is 1. The molecular formula is C13H11FN4OS. The average molecular weight is 290 g/mol. The SMILES string of the molecule is COc1ccccc1-n1c(N)nnc1-c1ccc(F)s1. The Bertz CT molecular complexity index is 752. The van der Waals surface area contributed by atoms with Crippen molar-refractivity contribution >= 4 is 17.3 Å². The highest BCUT2D eigenvalue weighted by Gasteiger charge is 2.17. The van der Waals surface area contributed by atoms with Crippen LogP contribution in [0.5, 0.6) is 5.75 Å². The Morgan fingerprint density at radius 1 is 1.20 bits per heavy atom. The van der Waals surface area contributed by atoms with Gasteiger partial charge < -0.3 is 10.5 Å². The molecule has 2 aromatic heterocycles. The lowest BCUT2D eigenvalue weighted by molar-refractivity contribution is 0.413. The Labute approximate surface area is 118 Å². The molecule has 102 valence electrons. The molecule has 2 N–H and O–H groups in total.